The second kappa shape index (κ2) is 11.1. The van der Waals surface area contributed by atoms with Gasteiger partial charge in [-0.15, -0.1) is 0 Å². The summed E-state index contributed by atoms with van der Waals surface area (Å²) in [6, 6.07) is 11.6. The Bertz CT molecular complexity index is 1370. The molecule has 4 heterocycles. The van der Waals surface area contributed by atoms with E-state index in [1.807, 2.05) is 12.1 Å². The summed E-state index contributed by atoms with van der Waals surface area (Å²) in [5.74, 6) is 1.07. The van der Waals surface area contributed by atoms with E-state index < -0.39 is 12.1 Å². The predicted molar refractivity (Wildman–Crippen MR) is 139 cm³/mol. The molecule has 1 saturated heterocycles. The Labute approximate surface area is 225 Å². The number of fused-ring (bicyclic) bond motifs is 7. The minimum absolute atomic E-state index is 0.108. The number of aromatic nitrogens is 1. The van der Waals surface area contributed by atoms with Crippen LogP contribution in [0.15, 0.2) is 47.0 Å². The van der Waals surface area contributed by atoms with Crippen molar-refractivity contribution < 1.29 is 33.1 Å². The van der Waals surface area contributed by atoms with Crippen LogP contribution in [-0.2, 0) is 22.6 Å². The second-order valence-corrected chi connectivity index (χ2v) is 9.59. The van der Waals surface area contributed by atoms with Gasteiger partial charge in [-0.3, -0.25) is 14.4 Å². The van der Waals surface area contributed by atoms with Crippen LogP contribution < -0.4 is 24.8 Å². The summed E-state index contributed by atoms with van der Waals surface area (Å²) in [6.07, 6.45) is -0.341. The number of methoxy groups -OCH3 is 1. The third-order valence-electron chi connectivity index (χ3n) is 6.93. The van der Waals surface area contributed by atoms with Crippen molar-refractivity contribution in [3.63, 3.8) is 0 Å². The van der Waals surface area contributed by atoms with Gasteiger partial charge in [0.05, 0.1) is 31.8 Å². The van der Waals surface area contributed by atoms with Crippen molar-refractivity contribution in [1.82, 2.24) is 20.7 Å². The number of nitrogens with zero attached hydrogens (tertiary/aromatic N) is 2. The van der Waals surface area contributed by atoms with Gasteiger partial charge in [-0.05, 0) is 49.7 Å². The lowest BCUT2D eigenvalue weighted by Gasteiger charge is -2.21. The fourth-order valence-electron chi connectivity index (χ4n) is 4.69. The molecule has 0 unspecified atom stereocenters. The molecule has 39 heavy (non-hydrogen) atoms. The maximum Gasteiger partial charge on any atom is 0.258 e. The second-order valence-electron chi connectivity index (χ2n) is 9.59. The summed E-state index contributed by atoms with van der Waals surface area (Å²) in [5.41, 5.74) is 2.64. The molecule has 0 aliphatic carbocycles. The number of likely N-dealkylation sites (tertiary alicyclic amines) is 1. The molecule has 0 saturated carbocycles. The van der Waals surface area contributed by atoms with Crippen LogP contribution in [0.1, 0.15) is 32.9 Å². The van der Waals surface area contributed by atoms with Crippen LogP contribution in [0, 0.1) is 13.8 Å². The van der Waals surface area contributed by atoms with E-state index in [0.717, 1.165) is 11.1 Å². The number of rotatable bonds is 3. The highest BCUT2D eigenvalue weighted by Crippen LogP contribution is 2.29. The first-order valence-electron chi connectivity index (χ1n) is 12.6. The van der Waals surface area contributed by atoms with E-state index in [1.54, 1.807) is 43.0 Å². The monoisotopic (exact) mass is 534 g/mol. The van der Waals surface area contributed by atoms with Crippen molar-refractivity contribution in [2.75, 3.05) is 26.8 Å². The highest BCUT2D eigenvalue weighted by Gasteiger charge is 2.38. The summed E-state index contributed by atoms with van der Waals surface area (Å²) in [6.45, 7) is 4.23. The molecule has 6 rings (SSSR count). The van der Waals surface area contributed by atoms with Crippen LogP contribution in [-0.4, -0.2) is 66.7 Å². The van der Waals surface area contributed by atoms with Gasteiger partial charge in [-0.25, -0.2) is 0 Å². The molecule has 3 amide bonds. The Balaban J connectivity index is 1.42. The van der Waals surface area contributed by atoms with Gasteiger partial charge in [0.2, 0.25) is 5.91 Å². The first-order chi connectivity index (χ1) is 18.8. The molecule has 0 spiro atoms. The minimum atomic E-state index is -0.488. The number of carbonyl (C=O) groups excluding carboxylic acids is 3. The van der Waals surface area contributed by atoms with Gasteiger partial charge in [0.1, 0.15) is 17.6 Å². The van der Waals surface area contributed by atoms with Crippen LogP contribution in [0.25, 0.3) is 0 Å². The highest BCUT2D eigenvalue weighted by atomic mass is 16.5. The molecular formula is C28H30N4O7. The quantitative estimate of drug-likeness (QED) is 0.521. The maximum absolute atomic E-state index is 13.3. The van der Waals surface area contributed by atoms with Gasteiger partial charge in [-0.2, -0.15) is 0 Å². The smallest absolute Gasteiger partial charge is 0.258 e. The Morgan fingerprint density at radius 2 is 1.92 bits per heavy atom. The number of amides is 3. The molecular weight excluding hydrogens is 504 g/mol. The first kappa shape index (κ1) is 26.1. The zero-order valence-electron chi connectivity index (χ0n) is 22.0. The fraction of sp³-hybridized carbons (Fsp3) is 0.357. The van der Waals surface area contributed by atoms with Gasteiger partial charge in [0, 0.05) is 24.2 Å². The van der Waals surface area contributed by atoms with Crippen molar-refractivity contribution in [2.45, 2.75) is 39.0 Å². The summed E-state index contributed by atoms with van der Waals surface area (Å²) >= 11 is 0. The van der Waals surface area contributed by atoms with Crippen LogP contribution in [0.5, 0.6) is 17.2 Å². The van der Waals surface area contributed by atoms with Crippen LogP contribution in [0.3, 0.4) is 0 Å². The van der Waals surface area contributed by atoms with Gasteiger partial charge >= 0.3 is 0 Å². The van der Waals surface area contributed by atoms with Gasteiger partial charge in [-0.1, -0.05) is 17.3 Å². The summed E-state index contributed by atoms with van der Waals surface area (Å²) in [7, 11) is 1.48. The molecule has 2 N–H and O–H groups in total. The minimum Gasteiger partial charge on any atom is -0.493 e. The number of hydrogen-bond acceptors (Lipinski definition) is 8. The number of benzene rings is 2. The Kier molecular flexibility index (Phi) is 7.40. The molecule has 11 nitrogen and oxygen atoms in total. The van der Waals surface area contributed by atoms with E-state index in [9.17, 15) is 14.4 Å². The molecule has 4 bridgehead atoms. The van der Waals surface area contributed by atoms with Crippen molar-refractivity contribution in [3.8, 4) is 17.2 Å². The largest absolute Gasteiger partial charge is 0.493 e. The highest BCUT2D eigenvalue weighted by molar-refractivity contribution is 5.95. The van der Waals surface area contributed by atoms with Gasteiger partial charge in [0.25, 0.3) is 11.8 Å². The molecule has 204 valence electrons. The first-order valence-corrected chi connectivity index (χ1v) is 12.6. The molecule has 2 atom stereocenters. The lowest BCUT2D eigenvalue weighted by molar-refractivity contribution is -0.129. The lowest BCUT2D eigenvalue weighted by atomic mass is 10.1. The van der Waals surface area contributed by atoms with Crippen molar-refractivity contribution in [2.24, 2.45) is 0 Å². The van der Waals surface area contributed by atoms with Crippen LogP contribution in [0.4, 0.5) is 0 Å². The summed E-state index contributed by atoms with van der Waals surface area (Å²) in [4.78, 5) is 40.6. The molecule has 2 aromatic carbocycles. The molecule has 11 heteroatoms. The topological polar surface area (TPSA) is 132 Å². The Morgan fingerprint density at radius 1 is 1.13 bits per heavy atom. The molecule has 0 radical (unpaired) electrons. The Morgan fingerprint density at radius 3 is 2.64 bits per heavy atom. The molecule has 3 aliphatic heterocycles. The number of carbonyl (C=O) groups is 3. The van der Waals surface area contributed by atoms with Gasteiger partial charge < -0.3 is 34.3 Å². The SMILES string of the molecule is COc1ccc2cc1OCC(=O)NCc1ccc(cc1)O[C@H]1CN(C(=O)Cc3c(C)noc3C)C[C@@H]1NC2=O. The molecule has 1 aromatic heterocycles. The summed E-state index contributed by atoms with van der Waals surface area (Å²) in [5, 5.41) is 9.77. The van der Waals surface area contributed by atoms with Gasteiger partial charge in [0.15, 0.2) is 18.1 Å². The van der Waals surface area contributed by atoms with E-state index in [-0.39, 0.29) is 43.0 Å². The van der Waals surface area contributed by atoms with E-state index in [0.29, 0.717) is 41.6 Å². The van der Waals surface area contributed by atoms with Crippen molar-refractivity contribution >= 4 is 17.7 Å². The predicted octanol–water partition coefficient (Wildman–Crippen LogP) is 1.94. The number of aryl methyl sites for hydroxylation is 2. The molecule has 3 aromatic rings. The van der Waals surface area contributed by atoms with Crippen molar-refractivity contribution in [3.05, 3.63) is 70.6 Å². The average Bonchev–Trinajstić information content (AvgIpc) is 3.48. The van der Waals surface area contributed by atoms with Crippen LogP contribution in [0.2, 0.25) is 0 Å². The number of ether oxygens (including phenoxy) is 3. The van der Waals surface area contributed by atoms with E-state index in [4.69, 9.17) is 18.7 Å². The number of hydrogen-bond donors (Lipinski definition) is 2. The fourth-order valence-corrected chi connectivity index (χ4v) is 4.69. The Hall–Kier alpha value is -4.54. The van der Waals surface area contributed by atoms with Crippen molar-refractivity contribution in [1.29, 1.82) is 0 Å². The zero-order valence-corrected chi connectivity index (χ0v) is 22.0. The lowest BCUT2D eigenvalue weighted by Crippen LogP contribution is -2.45. The molecule has 1 fully saturated rings. The summed E-state index contributed by atoms with van der Waals surface area (Å²) < 4.78 is 22.5. The standard InChI is InChI=1S/C28H30N4O7/c1-16-21(17(2)39-31-16)11-27(34)32-13-22-25(14-32)38-20-7-4-18(5-8-20)12-29-26(33)15-37-24-10-19(28(35)30-22)6-9-23(24)36-3/h4-10,22,25H,11-15H2,1-3H3,(H,29,33)(H,30,35)/t22-,25-/m0/s1. The van der Waals surface area contributed by atoms with E-state index in [2.05, 4.69) is 15.8 Å². The third-order valence-corrected chi connectivity index (χ3v) is 6.93. The number of nitrogens with one attached hydrogen (secondary N) is 2. The van der Waals surface area contributed by atoms with Crippen LogP contribution >= 0.6 is 0 Å². The third kappa shape index (κ3) is 5.82. The van der Waals surface area contributed by atoms with E-state index in [1.165, 1.54) is 13.2 Å². The zero-order chi connectivity index (χ0) is 27.5. The maximum atomic E-state index is 13.3. The average molecular weight is 535 g/mol. The normalized spacial score (nSPS) is 19.3. The molecule has 3 aliphatic rings. The van der Waals surface area contributed by atoms with E-state index >= 15 is 0 Å².